The molecule has 1 aromatic rings. The fourth-order valence-electron chi connectivity index (χ4n) is 1.95. The number of hydrogen-bond donors (Lipinski definition) is 2. The van der Waals surface area contributed by atoms with Gasteiger partial charge in [0.05, 0.1) is 10.7 Å². The number of para-hydroxylation sites is 1. The monoisotopic (exact) mass is 210 g/mol. The molecule has 3 N–H and O–H groups in total. The fourth-order valence-corrected chi connectivity index (χ4v) is 2.21. The van der Waals surface area contributed by atoms with E-state index in [4.69, 9.17) is 17.3 Å². The number of hydrogen-bond acceptors (Lipinski definition) is 2. The summed E-state index contributed by atoms with van der Waals surface area (Å²) < 4.78 is 0. The lowest BCUT2D eigenvalue weighted by atomic mass is 9.97. The number of rotatable bonds is 1. The van der Waals surface area contributed by atoms with Gasteiger partial charge in [0.2, 0.25) is 0 Å². The van der Waals surface area contributed by atoms with Crippen LogP contribution in [0.3, 0.4) is 0 Å². The molecular formula is C11H15ClN2. The first-order chi connectivity index (χ1) is 6.81. The van der Waals surface area contributed by atoms with Crippen molar-refractivity contribution < 1.29 is 0 Å². The van der Waals surface area contributed by atoms with Crippen LogP contribution in [0, 0.1) is 5.92 Å². The highest BCUT2D eigenvalue weighted by molar-refractivity contribution is 6.33. The molecule has 0 radical (unpaired) electrons. The van der Waals surface area contributed by atoms with Crippen LogP contribution in [-0.2, 0) is 6.42 Å². The first-order valence-electron chi connectivity index (χ1n) is 5.02. The van der Waals surface area contributed by atoms with Gasteiger partial charge in [0.1, 0.15) is 0 Å². The summed E-state index contributed by atoms with van der Waals surface area (Å²) in [7, 11) is 0. The number of fused-ring (bicyclic) bond motifs is 1. The quantitative estimate of drug-likeness (QED) is 0.747. The van der Waals surface area contributed by atoms with E-state index in [1.165, 1.54) is 5.56 Å². The van der Waals surface area contributed by atoms with E-state index in [-0.39, 0.29) is 0 Å². The Morgan fingerprint density at radius 1 is 1.50 bits per heavy atom. The molecule has 0 saturated carbocycles. The van der Waals surface area contributed by atoms with Crippen LogP contribution < -0.4 is 11.1 Å². The van der Waals surface area contributed by atoms with Crippen LogP contribution in [0.25, 0.3) is 0 Å². The van der Waals surface area contributed by atoms with Gasteiger partial charge in [-0.25, -0.2) is 0 Å². The molecule has 0 aliphatic carbocycles. The van der Waals surface area contributed by atoms with E-state index in [0.29, 0.717) is 5.92 Å². The third-order valence-corrected chi connectivity index (χ3v) is 3.11. The van der Waals surface area contributed by atoms with Gasteiger partial charge in [-0.3, -0.25) is 0 Å². The SMILES string of the molecule is NCC1CCNc2c(Cl)cccc2C1. The van der Waals surface area contributed by atoms with Gasteiger partial charge in [-0.05, 0) is 36.9 Å². The molecule has 0 bridgehead atoms. The first-order valence-corrected chi connectivity index (χ1v) is 5.40. The second-order valence-corrected chi connectivity index (χ2v) is 4.20. The van der Waals surface area contributed by atoms with Gasteiger partial charge >= 0.3 is 0 Å². The molecular weight excluding hydrogens is 196 g/mol. The summed E-state index contributed by atoms with van der Waals surface area (Å²) in [6, 6.07) is 6.06. The average Bonchev–Trinajstić information content (AvgIpc) is 2.40. The molecule has 0 amide bonds. The largest absolute Gasteiger partial charge is 0.384 e. The van der Waals surface area contributed by atoms with Crippen molar-refractivity contribution >= 4 is 17.3 Å². The zero-order valence-electron chi connectivity index (χ0n) is 8.09. The van der Waals surface area contributed by atoms with Gasteiger partial charge < -0.3 is 11.1 Å². The van der Waals surface area contributed by atoms with E-state index in [9.17, 15) is 0 Å². The number of nitrogens with two attached hydrogens (primary N) is 1. The topological polar surface area (TPSA) is 38.0 Å². The van der Waals surface area contributed by atoms with Crippen molar-refractivity contribution in [3.05, 3.63) is 28.8 Å². The molecule has 2 rings (SSSR count). The molecule has 0 aromatic heterocycles. The zero-order valence-corrected chi connectivity index (χ0v) is 8.85. The van der Waals surface area contributed by atoms with Crippen LogP contribution in [0.4, 0.5) is 5.69 Å². The van der Waals surface area contributed by atoms with Gasteiger partial charge in [-0.15, -0.1) is 0 Å². The van der Waals surface area contributed by atoms with Gasteiger partial charge in [0.25, 0.3) is 0 Å². The Morgan fingerprint density at radius 3 is 3.14 bits per heavy atom. The number of anilines is 1. The highest BCUT2D eigenvalue weighted by Gasteiger charge is 2.16. The average molecular weight is 211 g/mol. The van der Waals surface area contributed by atoms with Crippen molar-refractivity contribution in [2.75, 3.05) is 18.4 Å². The molecule has 0 saturated heterocycles. The van der Waals surface area contributed by atoms with Crippen molar-refractivity contribution in [2.24, 2.45) is 11.7 Å². The van der Waals surface area contributed by atoms with E-state index < -0.39 is 0 Å². The summed E-state index contributed by atoms with van der Waals surface area (Å²) in [5.41, 5.74) is 8.11. The Morgan fingerprint density at radius 2 is 2.36 bits per heavy atom. The summed E-state index contributed by atoms with van der Waals surface area (Å²) in [4.78, 5) is 0. The van der Waals surface area contributed by atoms with E-state index in [1.807, 2.05) is 12.1 Å². The summed E-state index contributed by atoms with van der Waals surface area (Å²) in [6.07, 6.45) is 2.17. The van der Waals surface area contributed by atoms with Crippen LogP contribution in [0.1, 0.15) is 12.0 Å². The Bertz CT molecular complexity index is 325. The molecule has 2 nitrogen and oxygen atoms in total. The Hall–Kier alpha value is -0.730. The third-order valence-electron chi connectivity index (χ3n) is 2.80. The predicted octanol–water partition coefficient (Wildman–Crippen LogP) is 2.27. The van der Waals surface area contributed by atoms with Crippen LogP contribution in [0.15, 0.2) is 18.2 Å². The van der Waals surface area contributed by atoms with Gasteiger partial charge in [-0.1, -0.05) is 23.7 Å². The lowest BCUT2D eigenvalue weighted by molar-refractivity contribution is 0.517. The van der Waals surface area contributed by atoms with E-state index in [0.717, 1.165) is 36.6 Å². The predicted molar refractivity (Wildman–Crippen MR) is 60.8 cm³/mol. The number of benzene rings is 1. The summed E-state index contributed by atoms with van der Waals surface area (Å²) >= 11 is 6.11. The van der Waals surface area contributed by atoms with Crippen LogP contribution in [0.5, 0.6) is 0 Å². The van der Waals surface area contributed by atoms with Crippen molar-refractivity contribution in [3.63, 3.8) is 0 Å². The van der Waals surface area contributed by atoms with Crippen molar-refractivity contribution in [2.45, 2.75) is 12.8 Å². The Kier molecular flexibility index (Phi) is 2.94. The minimum Gasteiger partial charge on any atom is -0.384 e. The van der Waals surface area contributed by atoms with Crippen molar-refractivity contribution in [1.29, 1.82) is 0 Å². The van der Waals surface area contributed by atoms with E-state index in [1.54, 1.807) is 0 Å². The van der Waals surface area contributed by atoms with Gasteiger partial charge in [-0.2, -0.15) is 0 Å². The molecule has 76 valence electrons. The summed E-state index contributed by atoms with van der Waals surface area (Å²) in [5, 5.41) is 4.19. The summed E-state index contributed by atoms with van der Waals surface area (Å²) in [6.45, 7) is 1.73. The molecule has 0 fully saturated rings. The molecule has 1 atom stereocenters. The van der Waals surface area contributed by atoms with Crippen LogP contribution in [-0.4, -0.2) is 13.1 Å². The lowest BCUT2D eigenvalue weighted by Crippen LogP contribution is -2.17. The maximum Gasteiger partial charge on any atom is 0.0640 e. The molecule has 3 heteroatoms. The van der Waals surface area contributed by atoms with Gasteiger partial charge in [0.15, 0.2) is 0 Å². The van der Waals surface area contributed by atoms with E-state index in [2.05, 4.69) is 11.4 Å². The van der Waals surface area contributed by atoms with Crippen LogP contribution in [0.2, 0.25) is 5.02 Å². The molecule has 0 spiro atoms. The fraction of sp³-hybridized carbons (Fsp3) is 0.455. The Labute approximate surface area is 89.4 Å². The summed E-state index contributed by atoms with van der Waals surface area (Å²) in [5.74, 6) is 0.585. The third kappa shape index (κ3) is 1.86. The van der Waals surface area contributed by atoms with Crippen LogP contribution >= 0.6 is 11.6 Å². The maximum atomic E-state index is 6.11. The first kappa shape index (κ1) is 9.81. The lowest BCUT2D eigenvalue weighted by Gasteiger charge is -2.10. The van der Waals surface area contributed by atoms with Crippen molar-refractivity contribution in [3.8, 4) is 0 Å². The highest BCUT2D eigenvalue weighted by atomic mass is 35.5. The molecule has 14 heavy (non-hydrogen) atoms. The maximum absolute atomic E-state index is 6.11. The van der Waals surface area contributed by atoms with E-state index >= 15 is 0 Å². The standard InChI is InChI=1S/C11H15ClN2/c12-10-3-1-2-9-6-8(7-13)4-5-14-11(9)10/h1-3,8,14H,4-7,13H2. The smallest absolute Gasteiger partial charge is 0.0640 e. The Balaban J connectivity index is 2.32. The second-order valence-electron chi connectivity index (χ2n) is 3.80. The molecule has 1 aliphatic rings. The number of halogens is 1. The molecule has 1 aromatic carbocycles. The van der Waals surface area contributed by atoms with Crippen molar-refractivity contribution in [1.82, 2.24) is 0 Å². The number of nitrogens with one attached hydrogen (secondary N) is 1. The second kappa shape index (κ2) is 4.20. The van der Waals surface area contributed by atoms with Gasteiger partial charge in [0, 0.05) is 6.54 Å². The molecule has 1 heterocycles. The molecule has 1 aliphatic heterocycles. The minimum atomic E-state index is 0.585. The zero-order chi connectivity index (χ0) is 9.97. The normalized spacial score (nSPS) is 20.9. The molecule has 1 unspecified atom stereocenters. The highest BCUT2D eigenvalue weighted by Crippen LogP contribution is 2.30. The minimum absolute atomic E-state index is 0.585.